The molecule has 4 heteroatoms. The van der Waals surface area contributed by atoms with Crippen molar-refractivity contribution in [2.24, 2.45) is 0 Å². The van der Waals surface area contributed by atoms with Gasteiger partial charge in [-0.3, -0.25) is 4.79 Å². The summed E-state index contributed by atoms with van der Waals surface area (Å²) in [5, 5.41) is 0. The summed E-state index contributed by atoms with van der Waals surface area (Å²) in [5.41, 5.74) is 0. The molecule has 0 unspecified atom stereocenters. The van der Waals surface area contributed by atoms with Gasteiger partial charge in [-0.2, -0.15) is 0 Å². The Hall–Kier alpha value is -1.58. The highest BCUT2D eigenvalue weighted by Crippen LogP contribution is 2.11. The van der Waals surface area contributed by atoms with E-state index in [4.69, 9.17) is 4.74 Å². The molecule has 0 aliphatic rings. The van der Waals surface area contributed by atoms with Crippen LogP contribution >= 0.6 is 0 Å². The molecule has 0 aromatic heterocycles. The molecule has 0 fully saturated rings. The van der Waals surface area contributed by atoms with E-state index in [0.717, 1.165) is 0 Å². The first-order valence-electron chi connectivity index (χ1n) is 4.68. The average molecular weight is 211 g/mol. The van der Waals surface area contributed by atoms with Crippen LogP contribution in [0.15, 0.2) is 24.3 Å². The van der Waals surface area contributed by atoms with Crippen LogP contribution < -0.4 is 4.74 Å². The maximum atomic E-state index is 12.5. The minimum absolute atomic E-state index is 0.0112. The second-order valence-electron chi connectivity index (χ2n) is 3.34. The number of amides is 1. The van der Waals surface area contributed by atoms with Gasteiger partial charge in [0.1, 0.15) is 11.6 Å². The SMILES string of the molecule is CN(C)C(=O)CCOc1ccc(F)cc1. The van der Waals surface area contributed by atoms with E-state index in [1.807, 2.05) is 0 Å². The van der Waals surface area contributed by atoms with Crippen LogP contribution in [0.1, 0.15) is 6.42 Å². The zero-order valence-corrected chi connectivity index (χ0v) is 8.87. The van der Waals surface area contributed by atoms with Crippen molar-refractivity contribution >= 4 is 5.91 Å². The molecule has 0 radical (unpaired) electrons. The number of benzene rings is 1. The summed E-state index contributed by atoms with van der Waals surface area (Å²) >= 11 is 0. The third kappa shape index (κ3) is 3.97. The number of halogens is 1. The number of nitrogens with zero attached hydrogens (tertiary/aromatic N) is 1. The van der Waals surface area contributed by atoms with E-state index in [0.29, 0.717) is 18.8 Å². The fourth-order valence-corrected chi connectivity index (χ4v) is 1.01. The van der Waals surface area contributed by atoms with Gasteiger partial charge in [0.05, 0.1) is 13.0 Å². The van der Waals surface area contributed by atoms with Crippen LogP contribution in [-0.4, -0.2) is 31.5 Å². The van der Waals surface area contributed by atoms with Crippen molar-refractivity contribution < 1.29 is 13.9 Å². The molecule has 1 rings (SSSR count). The summed E-state index contributed by atoms with van der Waals surface area (Å²) in [6.07, 6.45) is 0.324. The summed E-state index contributed by atoms with van der Waals surface area (Å²) in [7, 11) is 3.39. The van der Waals surface area contributed by atoms with Crippen molar-refractivity contribution in [2.45, 2.75) is 6.42 Å². The highest BCUT2D eigenvalue weighted by Gasteiger charge is 2.03. The third-order valence-electron chi connectivity index (χ3n) is 1.90. The molecular formula is C11H14FNO2. The minimum atomic E-state index is -0.299. The highest BCUT2D eigenvalue weighted by atomic mass is 19.1. The number of ether oxygens (including phenoxy) is 1. The van der Waals surface area contributed by atoms with E-state index in [2.05, 4.69) is 0 Å². The Balaban J connectivity index is 2.32. The van der Waals surface area contributed by atoms with Crippen LogP contribution in [-0.2, 0) is 4.79 Å². The predicted octanol–water partition coefficient (Wildman–Crippen LogP) is 1.68. The molecular weight excluding hydrogens is 197 g/mol. The fourth-order valence-electron chi connectivity index (χ4n) is 1.01. The maximum Gasteiger partial charge on any atom is 0.225 e. The topological polar surface area (TPSA) is 29.5 Å². The molecule has 15 heavy (non-hydrogen) atoms. The Morgan fingerprint density at radius 1 is 1.33 bits per heavy atom. The Morgan fingerprint density at radius 3 is 2.47 bits per heavy atom. The first-order chi connectivity index (χ1) is 7.09. The first kappa shape index (κ1) is 11.5. The van der Waals surface area contributed by atoms with Gasteiger partial charge in [0, 0.05) is 14.1 Å². The normalized spacial score (nSPS) is 9.80. The Bertz CT molecular complexity index is 322. The van der Waals surface area contributed by atoms with Crippen molar-refractivity contribution in [3.8, 4) is 5.75 Å². The van der Waals surface area contributed by atoms with Gasteiger partial charge in [0.15, 0.2) is 0 Å². The van der Waals surface area contributed by atoms with Gasteiger partial charge in [-0.1, -0.05) is 0 Å². The lowest BCUT2D eigenvalue weighted by Crippen LogP contribution is -2.23. The lowest BCUT2D eigenvalue weighted by molar-refractivity contribution is -0.129. The molecule has 0 saturated heterocycles. The van der Waals surface area contributed by atoms with Gasteiger partial charge in [0.25, 0.3) is 0 Å². The van der Waals surface area contributed by atoms with Gasteiger partial charge in [-0.05, 0) is 24.3 Å². The molecule has 0 bridgehead atoms. The molecule has 0 aliphatic heterocycles. The second kappa shape index (κ2) is 5.34. The molecule has 1 amide bonds. The molecule has 1 aromatic carbocycles. The quantitative estimate of drug-likeness (QED) is 0.758. The van der Waals surface area contributed by atoms with E-state index in [-0.39, 0.29) is 11.7 Å². The summed E-state index contributed by atoms with van der Waals surface area (Å²) in [6.45, 7) is 0.308. The molecule has 0 heterocycles. The molecule has 1 aromatic rings. The molecule has 0 aliphatic carbocycles. The summed E-state index contributed by atoms with van der Waals surface area (Å²) in [5.74, 6) is 0.284. The number of hydrogen-bond donors (Lipinski definition) is 0. The molecule has 0 atom stereocenters. The van der Waals surface area contributed by atoms with Gasteiger partial charge in [-0.15, -0.1) is 0 Å². The Labute approximate surface area is 88.5 Å². The van der Waals surface area contributed by atoms with Crippen molar-refractivity contribution in [3.63, 3.8) is 0 Å². The summed E-state index contributed by atoms with van der Waals surface area (Å²) in [6, 6.07) is 5.72. The Morgan fingerprint density at radius 2 is 1.93 bits per heavy atom. The predicted molar refractivity (Wildman–Crippen MR) is 55.2 cm³/mol. The van der Waals surface area contributed by atoms with Crippen LogP contribution in [0.5, 0.6) is 5.75 Å². The highest BCUT2D eigenvalue weighted by molar-refractivity contribution is 5.75. The molecule has 3 nitrogen and oxygen atoms in total. The Kier molecular flexibility index (Phi) is 4.09. The number of rotatable bonds is 4. The van der Waals surface area contributed by atoms with Crippen LogP contribution in [0.4, 0.5) is 4.39 Å². The van der Waals surface area contributed by atoms with E-state index in [9.17, 15) is 9.18 Å². The van der Waals surface area contributed by atoms with Gasteiger partial charge in [0.2, 0.25) is 5.91 Å². The number of hydrogen-bond acceptors (Lipinski definition) is 2. The molecule has 0 saturated carbocycles. The zero-order valence-electron chi connectivity index (χ0n) is 8.87. The molecule has 82 valence electrons. The molecule has 0 spiro atoms. The number of carbonyl (C=O) groups is 1. The van der Waals surface area contributed by atoms with Gasteiger partial charge < -0.3 is 9.64 Å². The fraction of sp³-hybridized carbons (Fsp3) is 0.364. The van der Waals surface area contributed by atoms with Crippen molar-refractivity contribution in [3.05, 3.63) is 30.1 Å². The van der Waals surface area contributed by atoms with Crippen molar-refractivity contribution in [2.75, 3.05) is 20.7 Å². The van der Waals surface area contributed by atoms with E-state index >= 15 is 0 Å². The second-order valence-corrected chi connectivity index (χ2v) is 3.34. The van der Waals surface area contributed by atoms with E-state index < -0.39 is 0 Å². The largest absolute Gasteiger partial charge is 0.493 e. The number of carbonyl (C=O) groups excluding carboxylic acids is 1. The van der Waals surface area contributed by atoms with Crippen LogP contribution in [0.3, 0.4) is 0 Å². The minimum Gasteiger partial charge on any atom is -0.493 e. The zero-order chi connectivity index (χ0) is 11.3. The van der Waals surface area contributed by atoms with Crippen LogP contribution in [0, 0.1) is 5.82 Å². The summed E-state index contributed by atoms with van der Waals surface area (Å²) in [4.78, 5) is 12.7. The maximum absolute atomic E-state index is 12.5. The standard InChI is InChI=1S/C11H14FNO2/c1-13(2)11(14)7-8-15-10-5-3-9(12)4-6-10/h3-6H,7-8H2,1-2H3. The van der Waals surface area contributed by atoms with Crippen LogP contribution in [0.25, 0.3) is 0 Å². The van der Waals surface area contributed by atoms with E-state index in [1.54, 1.807) is 14.1 Å². The lowest BCUT2D eigenvalue weighted by Gasteiger charge is -2.10. The summed E-state index contributed by atoms with van der Waals surface area (Å²) < 4.78 is 17.8. The van der Waals surface area contributed by atoms with Crippen molar-refractivity contribution in [1.82, 2.24) is 4.90 Å². The van der Waals surface area contributed by atoms with Gasteiger partial charge in [-0.25, -0.2) is 4.39 Å². The third-order valence-corrected chi connectivity index (χ3v) is 1.90. The monoisotopic (exact) mass is 211 g/mol. The smallest absolute Gasteiger partial charge is 0.225 e. The first-order valence-corrected chi connectivity index (χ1v) is 4.68. The molecule has 0 N–H and O–H groups in total. The lowest BCUT2D eigenvalue weighted by atomic mass is 10.3. The van der Waals surface area contributed by atoms with Crippen LogP contribution in [0.2, 0.25) is 0 Å². The van der Waals surface area contributed by atoms with E-state index in [1.165, 1.54) is 29.2 Å². The van der Waals surface area contributed by atoms with Crippen molar-refractivity contribution in [1.29, 1.82) is 0 Å². The van der Waals surface area contributed by atoms with Gasteiger partial charge >= 0.3 is 0 Å². The average Bonchev–Trinajstić information content (AvgIpc) is 2.20.